The molecule has 1 amide bonds. The highest BCUT2D eigenvalue weighted by molar-refractivity contribution is 5.85. The van der Waals surface area contributed by atoms with Gasteiger partial charge in [0.25, 0.3) is 0 Å². The number of nitrogens with zero attached hydrogens (tertiary/aromatic N) is 5. The number of hydrogen-bond donors (Lipinski definition) is 1. The van der Waals surface area contributed by atoms with Gasteiger partial charge in [-0.05, 0) is 32.8 Å². The van der Waals surface area contributed by atoms with Gasteiger partial charge >= 0.3 is 5.97 Å². The standard InChI is InChI=1S/C21H28N6O3/c1-21(2)11-13(19(29)30-21)10-17(28)27-9-5-6-16(27)18-14(12-23-25-18)15-7-8-22-20(24-15)26(3)4/h7-8,12-13,16H,5-6,9-11H2,1-4H3,(H,23,25)/t13-,16-/m1/s1. The van der Waals surface area contributed by atoms with Gasteiger partial charge in [-0.15, -0.1) is 0 Å². The van der Waals surface area contributed by atoms with E-state index in [2.05, 4.69) is 20.2 Å². The molecule has 0 unspecified atom stereocenters. The van der Waals surface area contributed by atoms with E-state index < -0.39 is 5.60 Å². The number of anilines is 1. The highest BCUT2D eigenvalue weighted by atomic mass is 16.6. The van der Waals surface area contributed by atoms with Crippen LogP contribution in [0.2, 0.25) is 0 Å². The molecule has 160 valence electrons. The molecular formula is C21H28N6O3. The van der Waals surface area contributed by atoms with Crippen molar-refractivity contribution in [2.75, 3.05) is 25.5 Å². The summed E-state index contributed by atoms with van der Waals surface area (Å²) >= 11 is 0. The van der Waals surface area contributed by atoms with Crippen LogP contribution < -0.4 is 4.90 Å². The van der Waals surface area contributed by atoms with Crippen molar-refractivity contribution in [3.8, 4) is 11.3 Å². The van der Waals surface area contributed by atoms with Gasteiger partial charge in [0.15, 0.2) is 0 Å². The Morgan fingerprint density at radius 2 is 2.20 bits per heavy atom. The Kier molecular flexibility index (Phi) is 5.21. The van der Waals surface area contributed by atoms with Crippen LogP contribution in [0.15, 0.2) is 18.5 Å². The molecule has 0 aromatic carbocycles. The third-order valence-corrected chi connectivity index (χ3v) is 5.76. The first-order chi connectivity index (χ1) is 14.2. The fourth-order valence-corrected chi connectivity index (χ4v) is 4.39. The van der Waals surface area contributed by atoms with Gasteiger partial charge in [0, 0.05) is 45.2 Å². The number of carbonyl (C=O) groups is 2. The molecule has 0 bridgehead atoms. The van der Waals surface area contributed by atoms with Gasteiger partial charge in [-0.1, -0.05) is 0 Å². The zero-order chi connectivity index (χ0) is 21.5. The number of H-pyrrole nitrogens is 1. The van der Waals surface area contributed by atoms with E-state index in [9.17, 15) is 9.59 Å². The van der Waals surface area contributed by atoms with Crippen molar-refractivity contribution < 1.29 is 14.3 Å². The normalized spacial score (nSPS) is 22.9. The lowest BCUT2D eigenvalue weighted by molar-refractivity contribution is -0.150. The molecule has 2 aliphatic heterocycles. The molecule has 1 N–H and O–H groups in total. The average Bonchev–Trinajstić information content (AvgIpc) is 3.40. The lowest BCUT2D eigenvalue weighted by Gasteiger charge is -2.25. The summed E-state index contributed by atoms with van der Waals surface area (Å²) in [5.74, 6) is -0.0567. The van der Waals surface area contributed by atoms with Crippen molar-refractivity contribution in [3.63, 3.8) is 0 Å². The predicted octanol–water partition coefficient (Wildman–Crippen LogP) is 2.33. The molecule has 2 fully saturated rings. The number of aromatic amines is 1. The molecule has 0 spiro atoms. The second-order valence-electron chi connectivity index (χ2n) is 8.86. The highest BCUT2D eigenvalue weighted by Gasteiger charge is 2.43. The largest absolute Gasteiger partial charge is 0.459 e. The van der Waals surface area contributed by atoms with Crippen molar-refractivity contribution in [2.45, 2.75) is 51.2 Å². The molecule has 2 saturated heterocycles. The first kappa shape index (κ1) is 20.3. The predicted molar refractivity (Wildman–Crippen MR) is 111 cm³/mol. The number of rotatable bonds is 5. The number of likely N-dealkylation sites (tertiary alicyclic amines) is 1. The minimum Gasteiger partial charge on any atom is -0.459 e. The number of aromatic nitrogens is 4. The number of esters is 1. The minimum absolute atomic E-state index is 0.0191. The van der Waals surface area contributed by atoms with Crippen molar-refractivity contribution in [1.29, 1.82) is 0 Å². The third-order valence-electron chi connectivity index (χ3n) is 5.76. The molecule has 9 nitrogen and oxygen atoms in total. The quantitative estimate of drug-likeness (QED) is 0.752. The van der Waals surface area contributed by atoms with Crippen LogP contribution in [-0.2, 0) is 14.3 Å². The van der Waals surface area contributed by atoms with E-state index >= 15 is 0 Å². The number of ether oxygens (including phenoxy) is 1. The van der Waals surface area contributed by atoms with E-state index in [4.69, 9.17) is 4.74 Å². The molecule has 0 aliphatic carbocycles. The van der Waals surface area contributed by atoms with Crippen LogP contribution in [0.4, 0.5) is 5.95 Å². The summed E-state index contributed by atoms with van der Waals surface area (Å²) in [7, 11) is 3.78. The molecule has 2 aliphatic rings. The van der Waals surface area contributed by atoms with E-state index in [1.54, 1.807) is 12.4 Å². The van der Waals surface area contributed by atoms with Crippen molar-refractivity contribution in [1.82, 2.24) is 25.1 Å². The second-order valence-corrected chi connectivity index (χ2v) is 8.86. The summed E-state index contributed by atoms with van der Waals surface area (Å²) in [6.45, 7) is 4.43. The smallest absolute Gasteiger partial charge is 0.310 e. The SMILES string of the molecule is CN(C)c1nccc(-c2cn[nH]c2[C@H]2CCCN2C(=O)C[C@@H]2CC(C)(C)OC2=O)n1. The molecule has 2 atom stereocenters. The Morgan fingerprint density at radius 3 is 2.90 bits per heavy atom. The van der Waals surface area contributed by atoms with Crippen LogP contribution in [0, 0.1) is 5.92 Å². The van der Waals surface area contributed by atoms with Crippen LogP contribution >= 0.6 is 0 Å². The third kappa shape index (κ3) is 3.88. The van der Waals surface area contributed by atoms with Crippen molar-refractivity contribution in [2.24, 2.45) is 5.92 Å². The second kappa shape index (κ2) is 7.70. The first-order valence-corrected chi connectivity index (χ1v) is 10.3. The Bertz CT molecular complexity index is 954. The number of carbonyl (C=O) groups excluding carboxylic acids is 2. The van der Waals surface area contributed by atoms with Gasteiger partial charge in [0.1, 0.15) is 5.60 Å². The van der Waals surface area contributed by atoms with Gasteiger partial charge in [-0.2, -0.15) is 5.10 Å². The molecule has 30 heavy (non-hydrogen) atoms. The molecular weight excluding hydrogens is 384 g/mol. The maximum atomic E-state index is 13.1. The summed E-state index contributed by atoms with van der Waals surface area (Å²) in [4.78, 5) is 37.9. The first-order valence-electron chi connectivity index (χ1n) is 10.3. The van der Waals surface area contributed by atoms with Gasteiger partial charge in [0.2, 0.25) is 11.9 Å². The monoisotopic (exact) mass is 412 g/mol. The summed E-state index contributed by atoms with van der Waals surface area (Å²) in [5, 5.41) is 7.32. The Morgan fingerprint density at radius 1 is 1.40 bits per heavy atom. The van der Waals surface area contributed by atoms with Crippen LogP contribution in [0.5, 0.6) is 0 Å². The van der Waals surface area contributed by atoms with Crippen LogP contribution in [0.25, 0.3) is 11.3 Å². The van der Waals surface area contributed by atoms with E-state index in [-0.39, 0.29) is 30.3 Å². The molecule has 4 rings (SSSR count). The van der Waals surface area contributed by atoms with Crippen molar-refractivity contribution >= 4 is 17.8 Å². The van der Waals surface area contributed by atoms with E-state index in [0.29, 0.717) is 18.9 Å². The van der Waals surface area contributed by atoms with Crippen molar-refractivity contribution in [3.05, 3.63) is 24.2 Å². The maximum absolute atomic E-state index is 13.1. The summed E-state index contributed by atoms with van der Waals surface area (Å²) in [5.41, 5.74) is 2.00. The zero-order valence-electron chi connectivity index (χ0n) is 17.9. The average molecular weight is 412 g/mol. The lowest BCUT2D eigenvalue weighted by atomic mass is 9.94. The maximum Gasteiger partial charge on any atom is 0.310 e. The lowest BCUT2D eigenvalue weighted by Crippen LogP contribution is -2.33. The molecule has 0 saturated carbocycles. The fraction of sp³-hybridized carbons (Fsp3) is 0.571. The number of hydrogen-bond acceptors (Lipinski definition) is 7. The number of amides is 1. The van der Waals surface area contributed by atoms with Crippen LogP contribution in [0.1, 0.15) is 51.3 Å². The molecule has 2 aromatic heterocycles. The Balaban J connectivity index is 1.55. The fourth-order valence-electron chi connectivity index (χ4n) is 4.39. The van der Waals surface area contributed by atoms with Gasteiger partial charge in [-0.3, -0.25) is 14.7 Å². The summed E-state index contributed by atoms with van der Waals surface area (Å²) in [6.07, 6.45) is 5.96. The summed E-state index contributed by atoms with van der Waals surface area (Å²) < 4.78 is 5.39. The van der Waals surface area contributed by atoms with Gasteiger partial charge in [0.05, 0.1) is 29.5 Å². The summed E-state index contributed by atoms with van der Waals surface area (Å²) in [6, 6.07) is 1.73. The van der Waals surface area contributed by atoms with Gasteiger partial charge < -0.3 is 14.5 Å². The Labute approximate surface area is 175 Å². The minimum atomic E-state index is -0.500. The topological polar surface area (TPSA) is 104 Å². The zero-order valence-corrected chi connectivity index (χ0v) is 17.9. The number of nitrogens with one attached hydrogen (secondary N) is 1. The van der Waals surface area contributed by atoms with Gasteiger partial charge in [-0.25, -0.2) is 9.97 Å². The molecule has 9 heteroatoms. The van der Waals surface area contributed by atoms with E-state index in [0.717, 1.165) is 29.8 Å². The molecule has 2 aromatic rings. The van der Waals surface area contributed by atoms with Crippen LogP contribution in [0.3, 0.4) is 0 Å². The van der Waals surface area contributed by atoms with E-state index in [1.807, 2.05) is 43.8 Å². The Hall–Kier alpha value is -2.97. The molecule has 0 radical (unpaired) electrons. The van der Waals surface area contributed by atoms with E-state index in [1.165, 1.54) is 0 Å². The van der Waals surface area contributed by atoms with Crippen LogP contribution in [-0.4, -0.2) is 63.2 Å². The molecule has 4 heterocycles. The highest BCUT2D eigenvalue weighted by Crippen LogP contribution is 2.38. The number of cyclic esters (lactones) is 1.